The zero-order valence-electron chi connectivity index (χ0n) is 16.0. The number of carbonyl (C=O) groups is 1. The maximum absolute atomic E-state index is 13.5. The lowest BCUT2D eigenvalue weighted by Gasteiger charge is -2.57. The fraction of sp³-hybridized carbons (Fsp3) is 0.652. The van der Waals surface area contributed by atoms with E-state index in [4.69, 9.17) is 0 Å². The molecule has 1 aromatic rings. The van der Waals surface area contributed by atoms with Crippen molar-refractivity contribution in [3.05, 3.63) is 35.9 Å². The quantitative estimate of drug-likeness (QED) is 0.824. The Kier molecular flexibility index (Phi) is 4.24. The molecule has 5 fully saturated rings. The molecule has 1 aliphatic heterocycles. The summed E-state index contributed by atoms with van der Waals surface area (Å²) >= 11 is 0. The molecule has 0 spiro atoms. The van der Waals surface area contributed by atoms with Gasteiger partial charge in [0.2, 0.25) is 5.91 Å². The molecule has 1 saturated heterocycles. The van der Waals surface area contributed by atoms with Gasteiger partial charge in [-0.3, -0.25) is 9.69 Å². The monoisotopic (exact) mass is 363 g/mol. The molecule has 4 bridgehead atoms. The SMILES string of the molecule is N#C[C@@H](c1ccccc1)N1CCN(C(=O)C23CC4CC(CC(C4)C2)C3)CC1. The second-order valence-electron chi connectivity index (χ2n) is 9.47. The van der Waals surface area contributed by atoms with Gasteiger partial charge in [0.05, 0.1) is 11.5 Å². The van der Waals surface area contributed by atoms with Crippen LogP contribution in [0.25, 0.3) is 0 Å². The van der Waals surface area contributed by atoms with Crippen LogP contribution in [0, 0.1) is 34.5 Å². The van der Waals surface area contributed by atoms with E-state index in [1.165, 1.54) is 19.3 Å². The molecule has 6 rings (SSSR count). The molecule has 0 aromatic heterocycles. The molecule has 142 valence electrons. The van der Waals surface area contributed by atoms with E-state index in [-0.39, 0.29) is 11.5 Å². The lowest BCUT2D eigenvalue weighted by Crippen LogP contribution is -2.58. The van der Waals surface area contributed by atoms with Gasteiger partial charge in [0.25, 0.3) is 0 Å². The summed E-state index contributed by atoms with van der Waals surface area (Å²) in [4.78, 5) is 17.9. The highest BCUT2D eigenvalue weighted by Gasteiger charge is 2.55. The Hall–Kier alpha value is -1.86. The van der Waals surface area contributed by atoms with E-state index >= 15 is 0 Å². The van der Waals surface area contributed by atoms with Crippen molar-refractivity contribution < 1.29 is 4.79 Å². The van der Waals surface area contributed by atoms with Crippen LogP contribution in [0.1, 0.15) is 50.1 Å². The number of piperazine rings is 1. The van der Waals surface area contributed by atoms with Gasteiger partial charge in [0.1, 0.15) is 6.04 Å². The van der Waals surface area contributed by atoms with Crippen LogP contribution in [0.3, 0.4) is 0 Å². The van der Waals surface area contributed by atoms with Crippen LogP contribution in [0.2, 0.25) is 0 Å². The Morgan fingerprint density at radius 2 is 1.52 bits per heavy atom. The molecule has 4 saturated carbocycles. The van der Waals surface area contributed by atoms with Crippen molar-refractivity contribution in [3.8, 4) is 6.07 Å². The van der Waals surface area contributed by atoms with E-state index in [9.17, 15) is 10.1 Å². The largest absolute Gasteiger partial charge is 0.340 e. The molecule has 1 heterocycles. The van der Waals surface area contributed by atoms with E-state index in [0.717, 1.165) is 68.8 Å². The van der Waals surface area contributed by atoms with Crippen molar-refractivity contribution in [2.45, 2.75) is 44.6 Å². The van der Waals surface area contributed by atoms with Crippen molar-refractivity contribution in [2.24, 2.45) is 23.2 Å². The van der Waals surface area contributed by atoms with Gasteiger partial charge in [-0.2, -0.15) is 5.26 Å². The summed E-state index contributed by atoms with van der Waals surface area (Å²) in [6.07, 6.45) is 7.55. The zero-order chi connectivity index (χ0) is 18.4. The van der Waals surface area contributed by atoms with Gasteiger partial charge in [-0.05, 0) is 61.8 Å². The molecule has 5 aliphatic rings. The van der Waals surface area contributed by atoms with Crippen LogP contribution in [-0.4, -0.2) is 41.9 Å². The van der Waals surface area contributed by atoms with E-state index in [1.54, 1.807) is 0 Å². The summed E-state index contributed by atoms with van der Waals surface area (Å²) in [6, 6.07) is 12.3. The van der Waals surface area contributed by atoms with Crippen LogP contribution in [-0.2, 0) is 4.79 Å². The normalized spacial score (nSPS) is 36.4. The molecular weight excluding hydrogens is 334 g/mol. The Morgan fingerprint density at radius 3 is 2.04 bits per heavy atom. The van der Waals surface area contributed by atoms with E-state index in [1.807, 2.05) is 30.3 Å². The number of amides is 1. The minimum absolute atomic E-state index is 0.0367. The number of carbonyl (C=O) groups excluding carboxylic acids is 1. The van der Waals surface area contributed by atoms with Crippen molar-refractivity contribution >= 4 is 5.91 Å². The second kappa shape index (κ2) is 6.63. The van der Waals surface area contributed by atoms with E-state index in [2.05, 4.69) is 15.9 Å². The third-order valence-corrected chi connectivity index (χ3v) is 7.70. The molecule has 4 aliphatic carbocycles. The number of rotatable bonds is 3. The third-order valence-electron chi connectivity index (χ3n) is 7.70. The highest BCUT2D eigenvalue weighted by atomic mass is 16.2. The van der Waals surface area contributed by atoms with Crippen molar-refractivity contribution in [1.29, 1.82) is 5.26 Å². The van der Waals surface area contributed by atoms with Crippen LogP contribution in [0.15, 0.2) is 30.3 Å². The Labute approximate surface area is 162 Å². The summed E-state index contributed by atoms with van der Waals surface area (Å²) in [5.41, 5.74) is 1.02. The molecule has 1 atom stereocenters. The van der Waals surface area contributed by atoms with Crippen molar-refractivity contribution in [3.63, 3.8) is 0 Å². The number of hydrogen-bond donors (Lipinski definition) is 0. The van der Waals surface area contributed by atoms with Gasteiger partial charge in [-0.1, -0.05) is 30.3 Å². The number of benzene rings is 1. The first-order valence-electron chi connectivity index (χ1n) is 10.6. The molecule has 1 amide bonds. The topological polar surface area (TPSA) is 47.3 Å². The van der Waals surface area contributed by atoms with Gasteiger partial charge in [0, 0.05) is 26.2 Å². The van der Waals surface area contributed by atoms with E-state index in [0.29, 0.717) is 5.91 Å². The molecule has 0 N–H and O–H groups in total. The predicted molar refractivity (Wildman–Crippen MR) is 104 cm³/mol. The fourth-order valence-corrected chi connectivity index (χ4v) is 6.89. The minimum atomic E-state index is -0.206. The molecule has 1 aromatic carbocycles. The smallest absolute Gasteiger partial charge is 0.228 e. The number of nitrogens with zero attached hydrogens (tertiary/aromatic N) is 3. The maximum atomic E-state index is 13.5. The first-order valence-corrected chi connectivity index (χ1v) is 10.6. The van der Waals surface area contributed by atoms with Crippen molar-refractivity contribution in [1.82, 2.24) is 9.80 Å². The maximum Gasteiger partial charge on any atom is 0.228 e. The summed E-state index contributed by atoms with van der Waals surface area (Å²) in [7, 11) is 0. The summed E-state index contributed by atoms with van der Waals surface area (Å²) < 4.78 is 0. The standard InChI is InChI=1S/C23H29N3O/c24-16-21(20-4-2-1-3-5-20)25-6-8-26(9-7-25)22(27)23-13-17-10-18(14-23)12-19(11-17)15-23/h1-5,17-19,21H,6-15H2/t17?,18?,19?,21-,23?/m0/s1. The number of hydrogen-bond acceptors (Lipinski definition) is 3. The van der Waals surface area contributed by atoms with Gasteiger partial charge in [-0.25, -0.2) is 0 Å². The predicted octanol–water partition coefficient (Wildman–Crippen LogP) is 3.61. The lowest BCUT2D eigenvalue weighted by molar-refractivity contribution is -0.159. The van der Waals surface area contributed by atoms with Gasteiger partial charge >= 0.3 is 0 Å². The molecule has 4 nitrogen and oxygen atoms in total. The number of nitriles is 1. The lowest BCUT2D eigenvalue weighted by atomic mass is 9.49. The Balaban J connectivity index is 1.26. The molecule has 0 radical (unpaired) electrons. The zero-order valence-corrected chi connectivity index (χ0v) is 16.0. The van der Waals surface area contributed by atoms with Crippen LogP contribution >= 0.6 is 0 Å². The highest BCUT2D eigenvalue weighted by molar-refractivity contribution is 5.83. The minimum Gasteiger partial charge on any atom is -0.340 e. The van der Waals surface area contributed by atoms with Gasteiger partial charge < -0.3 is 4.90 Å². The van der Waals surface area contributed by atoms with Crippen LogP contribution in [0.5, 0.6) is 0 Å². The van der Waals surface area contributed by atoms with Gasteiger partial charge in [-0.15, -0.1) is 0 Å². The van der Waals surface area contributed by atoms with Crippen molar-refractivity contribution in [2.75, 3.05) is 26.2 Å². The first-order chi connectivity index (χ1) is 13.2. The summed E-state index contributed by atoms with van der Waals surface area (Å²) in [6.45, 7) is 3.13. The third kappa shape index (κ3) is 2.97. The molecule has 4 heteroatoms. The van der Waals surface area contributed by atoms with Gasteiger partial charge in [0.15, 0.2) is 0 Å². The van der Waals surface area contributed by atoms with Crippen LogP contribution in [0.4, 0.5) is 0 Å². The Morgan fingerprint density at radius 1 is 0.963 bits per heavy atom. The molecule has 27 heavy (non-hydrogen) atoms. The highest BCUT2D eigenvalue weighted by Crippen LogP contribution is 2.60. The average Bonchev–Trinajstić information content (AvgIpc) is 2.68. The summed E-state index contributed by atoms with van der Waals surface area (Å²) in [5.74, 6) is 2.86. The first kappa shape index (κ1) is 17.3. The molecular formula is C23H29N3O. The summed E-state index contributed by atoms with van der Waals surface area (Å²) in [5, 5.41) is 9.69. The average molecular weight is 364 g/mol. The second-order valence-corrected chi connectivity index (χ2v) is 9.47. The fourth-order valence-electron chi connectivity index (χ4n) is 6.89. The Bertz CT molecular complexity index is 709. The van der Waals surface area contributed by atoms with Crippen LogP contribution < -0.4 is 0 Å². The molecule has 0 unspecified atom stereocenters. The van der Waals surface area contributed by atoms with E-state index < -0.39 is 0 Å².